The maximum Gasteiger partial charge on any atom is 0.144 e. The van der Waals surface area contributed by atoms with Crippen molar-refractivity contribution in [1.29, 1.82) is 0 Å². The second kappa shape index (κ2) is 6.45. The van der Waals surface area contributed by atoms with Gasteiger partial charge in [0.1, 0.15) is 12.0 Å². The summed E-state index contributed by atoms with van der Waals surface area (Å²) in [4.78, 5) is 3.86. The Balaban J connectivity index is 2.33. The van der Waals surface area contributed by atoms with Crippen molar-refractivity contribution in [3.8, 4) is 0 Å². The zero-order valence-electron chi connectivity index (χ0n) is 8.63. The largest absolute Gasteiger partial charge is 0.330 e. The highest BCUT2D eigenvalue weighted by atomic mass is 19.1. The number of rotatable bonds is 6. The lowest BCUT2D eigenvalue weighted by Crippen LogP contribution is -2.08. The third-order valence-corrected chi connectivity index (χ3v) is 2.25. The highest BCUT2D eigenvalue weighted by molar-refractivity contribution is 5.07. The lowest BCUT2D eigenvalue weighted by molar-refractivity contribution is 0.290. The monoisotopic (exact) mass is 214 g/mol. The van der Waals surface area contributed by atoms with Gasteiger partial charge in [-0.25, -0.2) is 8.78 Å². The van der Waals surface area contributed by atoms with Crippen molar-refractivity contribution in [1.82, 2.24) is 4.98 Å². The van der Waals surface area contributed by atoms with E-state index in [9.17, 15) is 8.78 Å². The molecule has 0 amide bonds. The summed E-state index contributed by atoms with van der Waals surface area (Å²) in [5.74, 6) is -0.358. The van der Waals surface area contributed by atoms with Crippen LogP contribution in [0.4, 0.5) is 8.78 Å². The van der Waals surface area contributed by atoms with Crippen LogP contribution in [-0.2, 0) is 6.42 Å². The fraction of sp³-hybridized carbons (Fsp3) is 0.545. The maximum atomic E-state index is 13.2. The van der Waals surface area contributed by atoms with Crippen molar-refractivity contribution >= 4 is 0 Å². The molecule has 2 N–H and O–H groups in total. The molecule has 1 rings (SSSR count). The van der Waals surface area contributed by atoms with Gasteiger partial charge in [-0.05, 0) is 44.4 Å². The molecule has 2 nitrogen and oxygen atoms in total. The van der Waals surface area contributed by atoms with Crippen LogP contribution in [0.15, 0.2) is 18.3 Å². The molecule has 4 heteroatoms. The molecule has 1 atom stereocenters. The van der Waals surface area contributed by atoms with Gasteiger partial charge in [-0.1, -0.05) is 0 Å². The third kappa shape index (κ3) is 4.34. The first-order valence-electron chi connectivity index (χ1n) is 5.17. The molecule has 0 aliphatic heterocycles. The summed E-state index contributed by atoms with van der Waals surface area (Å²) in [5.41, 5.74) is 5.61. The van der Waals surface area contributed by atoms with E-state index in [1.807, 2.05) is 0 Å². The standard InChI is InChI=1S/C11H16F2N2/c12-9(3-1-7-14)5-6-11-10(13)4-2-8-15-11/h2,4,8-9H,1,3,5-7,14H2/t9-/m1/s1. The molecule has 0 radical (unpaired) electrons. The molecule has 0 unspecified atom stereocenters. The number of hydrogen-bond acceptors (Lipinski definition) is 2. The van der Waals surface area contributed by atoms with E-state index < -0.39 is 6.17 Å². The molecular weight excluding hydrogens is 198 g/mol. The Morgan fingerprint density at radius 1 is 1.40 bits per heavy atom. The van der Waals surface area contributed by atoms with Gasteiger partial charge < -0.3 is 5.73 Å². The Labute approximate surface area is 88.5 Å². The first kappa shape index (κ1) is 12.0. The van der Waals surface area contributed by atoms with Gasteiger partial charge in [0, 0.05) is 6.20 Å². The van der Waals surface area contributed by atoms with E-state index in [0.29, 0.717) is 37.9 Å². The Hall–Kier alpha value is -1.03. The van der Waals surface area contributed by atoms with E-state index in [2.05, 4.69) is 4.98 Å². The van der Waals surface area contributed by atoms with Crippen LogP contribution in [0.5, 0.6) is 0 Å². The maximum absolute atomic E-state index is 13.2. The van der Waals surface area contributed by atoms with Crippen LogP contribution < -0.4 is 5.73 Å². The molecule has 0 saturated carbocycles. The van der Waals surface area contributed by atoms with E-state index in [-0.39, 0.29) is 5.82 Å². The second-order valence-corrected chi connectivity index (χ2v) is 3.50. The first-order chi connectivity index (χ1) is 7.24. The summed E-state index contributed by atoms with van der Waals surface area (Å²) in [7, 11) is 0. The molecule has 0 aliphatic carbocycles. The van der Waals surface area contributed by atoms with Crippen LogP contribution in [0.3, 0.4) is 0 Å². The molecule has 84 valence electrons. The predicted molar refractivity (Wildman–Crippen MR) is 55.7 cm³/mol. The zero-order chi connectivity index (χ0) is 11.1. The normalized spacial score (nSPS) is 12.7. The van der Waals surface area contributed by atoms with Crippen molar-refractivity contribution in [2.45, 2.75) is 31.9 Å². The lowest BCUT2D eigenvalue weighted by atomic mass is 10.1. The van der Waals surface area contributed by atoms with Crippen LogP contribution in [0.25, 0.3) is 0 Å². The summed E-state index contributed by atoms with van der Waals surface area (Å²) >= 11 is 0. The van der Waals surface area contributed by atoms with Crippen LogP contribution in [0, 0.1) is 5.82 Å². The number of alkyl halides is 1. The molecule has 0 aromatic carbocycles. The molecule has 0 fully saturated rings. The quantitative estimate of drug-likeness (QED) is 0.788. The highest BCUT2D eigenvalue weighted by Gasteiger charge is 2.09. The summed E-state index contributed by atoms with van der Waals surface area (Å²) in [6.07, 6.45) is 2.39. The average molecular weight is 214 g/mol. The van der Waals surface area contributed by atoms with Gasteiger partial charge in [0.05, 0.1) is 5.69 Å². The highest BCUT2D eigenvalue weighted by Crippen LogP contribution is 2.12. The lowest BCUT2D eigenvalue weighted by Gasteiger charge is -2.06. The average Bonchev–Trinajstić information content (AvgIpc) is 2.25. The molecule has 1 aromatic rings. The summed E-state index contributed by atoms with van der Waals surface area (Å²) in [6.45, 7) is 0.498. The fourth-order valence-corrected chi connectivity index (χ4v) is 1.38. The summed E-state index contributed by atoms with van der Waals surface area (Å²) in [5, 5.41) is 0. The van der Waals surface area contributed by atoms with Crippen molar-refractivity contribution in [2.75, 3.05) is 6.54 Å². The van der Waals surface area contributed by atoms with E-state index >= 15 is 0 Å². The van der Waals surface area contributed by atoms with Gasteiger partial charge in [-0.2, -0.15) is 0 Å². The van der Waals surface area contributed by atoms with Crippen molar-refractivity contribution < 1.29 is 8.78 Å². The van der Waals surface area contributed by atoms with Crippen LogP contribution in [-0.4, -0.2) is 17.7 Å². The Bertz CT molecular complexity index is 292. The minimum absolute atomic E-state index is 0.313. The molecule has 0 aliphatic rings. The Morgan fingerprint density at radius 3 is 2.87 bits per heavy atom. The zero-order valence-corrected chi connectivity index (χ0v) is 8.63. The first-order valence-corrected chi connectivity index (χ1v) is 5.17. The van der Waals surface area contributed by atoms with E-state index in [1.54, 1.807) is 0 Å². The van der Waals surface area contributed by atoms with Crippen LogP contribution in [0.1, 0.15) is 25.0 Å². The molecule has 0 bridgehead atoms. The minimum Gasteiger partial charge on any atom is -0.330 e. The Morgan fingerprint density at radius 2 is 2.20 bits per heavy atom. The number of hydrogen-bond donors (Lipinski definition) is 1. The Kier molecular flexibility index (Phi) is 5.18. The van der Waals surface area contributed by atoms with E-state index in [4.69, 9.17) is 5.73 Å². The fourth-order valence-electron chi connectivity index (χ4n) is 1.38. The van der Waals surface area contributed by atoms with Gasteiger partial charge in [-0.15, -0.1) is 0 Å². The van der Waals surface area contributed by atoms with Crippen LogP contribution >= 0.6 is 0 Å². The number of nitrogens with two attached hydrogens (primary N) is 1. The van der Waals surface area contributed by atoms with Gasteiger partial charge in [0.15, 0.2) is 0 Å². The molecular formula is C11H16F2N2. The predicted octanol–water partition coefficient (Wildman–Crippen LogP) is 2.23. The molecule has 1 aromatic heterocycles. The molecule has 15 heavy (non-hydrogen) atoms. The van der Waals surface area contributed by atoms with E-state index in [0.717, 1.165) is 0 Å². The summed E-state index contributed by atoms with van der Waals surface area (Å²) in [6, 6.07) is 2.87. The van der Waals surface area contributed by atoms with Gasteiger partial charge in [0.2, 0.25) is 0 Å². The van der Waals surface area contributed by atoms with E-state index in [1.165, 1.54) is 18.3 Å². The molecule has 0 spiro atoms. The number of aryl methyl sites for hydroxylation is 1. The SMILES string of the molecule is NCCC[C@@H](F)CCc1ncccc1F. The molecule has 1 heterocycles. The minimum atomic E-state index is -0.907. The van der Waals surface area contributed by atoms with Gasteiger partial charge in [-0.3, -0.25) is 4.98 Å². The number of halogens is 2. The number of aromatic nitrogens is 1. The van der Waals surface area contributed by atoms with Gasteiger partial charge in [0.25, 0.3) is 0 Å². The van der Waals surface area contributed by atoms with Crippen molar-refractivity contribution in [3.05, 3.63) is 29.8 Å². The van der Waals surface area contributed by atoms with Crippen molar-refractivity contribution in [2.24, 2.45) is 5.73 Å². The number of nitrogens with zero attached hydrogens (tertiary/aromatic N) is 1. The topological polar surface area (TPSA) is 38.9 Å². The van der Waals surface area contributed by atoms with Crippen LogP contribution in [0.2, 0.25) is 0 Å². The second-order valence-electron chi connectivity index (χ2n) is 3.50. The van der Waals surface area contributed by atoms with Gasteiger partial charge >= 0.3 is 0 Å². The number of pyridine rings is 1. The smallest absolute Gasteiger partial charge is 0.144 e. The third-order valence-electron chi connectivity index (χ3n) is 2.25. The van der Waals surface area contributed by atoms with Crippen molar-refractivity contribution in [3.63, 3.8) is 0 Å². The molecule has 0 saturated heterocycles. The summed E-state index contributed by atoms with van der Waals surface area (Å²) < 4.78 is 26.3.